The van der Waals surface area contributed by atoms with Gasteiger partial charge in [0.05, 0.1) is 11.1 Å². The second kappa shape index (κ2) is 2.79. The lowest BCUT2D eigenvalue weighted by Crippen LogP contribution is -2.08. The summed E-state index contributed by atoms with van der Waals surface area (Å²) in [6.07, 6.45) is 2.80. The zero-order valence-electron chi connectivity index (χ0n) is 8.12. The fraction of sp³-hybridized carbons (Fsp3) is 0.300. The molecule has 2 aliphatic rings. The van der Waals surface area contributed by atoms with Crippen molar-refractivity contribution in [2.24, 2.45) is 0 Å². The van der Waals surface area contributed by atoms with Crippen LogP contribution in [0.15, 0.2) is 12.2 Å². The van der Waals surface area contributed by atoms with E-state index in [1.54, 1.807) is 12.2 Å². The van der Waals surface area contributed by atoms with E-state index in [2.05, 4.69) is 0 Å². The molecule has 3 heterocycles. The molecular weight excluding hydrogens is 214 g/mol. The van der Waals surface area contributed by atoms with Crippen LogP contribution in [0.2, 0.25) is 0 Å². The summed E-state index contributed by atoms with van der Waals surface area (Å²) >= 11 is 0. The normalized spacial score (nSPS) is 25.0. The van der Waals surface area contributed by atoms with Crippen LogP contribution in [0, 0.1) is 0 Å². The number of aliphatic carboxylic acids is 1. The zero-order valence-corrected chi connectivity index (χ0v) is 8.12. The Balaban J connectivity index is 2.15. The van der Waals surface area contributed by atoms with E-state index in [-0.39, 0.29) is 24.0 Å². The van der Waals surface area contributed by atoms with E-state index in [1.165, 1.54) is 0 Å². The molecule has 6 heteroatoms. The fourth-order valence-corrected chi connectivity index (χ4v) is 2.26. The van der Waals surface area contributed by atoms with Crippen molar-refractivity contribution in [1.29, 1.82) is 0 Å². The summed E-state index contributed by atoms with van der Waals surface area (Å²) in [4.78, 5) is 10.6. The number of carbonyl (C=O) groups is 1. The van der Waals surface area contributed by atoms with Crippen molar-refractivity contribution in [3.63, 3.8) is 0 Å². The van der Waals surface area contributed by atoms with Crippen molar-refractivity contribution in [2.45, 2.75) is 18.8 Å². The van der Waals surface area contributed by atoms with Gasteiger partial charge in [0.15, 0.2) is 0 Å². The molecular formula is C10H9NO5. The molecule has 3 N–H and O–H groups in total. The molecule has 0 spiro atoms. The highest BCUT2D eigenvalue weighted by atomic mass is 16.5. The second-order valence-corrected chi connectivity index (χ2v) is 3.82. The highest BCUT2D eigenvalue weighted by Gasteiger charge is 2.42. The molecule has 2 atom stereocenters. The SMILES string of the molecule is O=C(O)Cn1c(O)c2c(c1O)C1C=CC2O1. The largest absolute Gasteiger partial charge is 0.494 e. The van der Waals surface area contributed by atoms with E-state index in [4.69, 9.17) is 9.84 Å². The van der Waals surface area contributed by atoms with Crippen LogP contribution in [-0.2, 0) is 16.1 Å². The number of hydrogen-bond donors (Lipinski definition) is 3. The predicted molar refractivity (Wildman–Crippen MR) is 51.1 cm³/mol. The molecule has 2 unspecified atom stereocenters. The molecule has 1 aromatic heterocycles. The Morgan fingerprint density at radius 3 is 2.19 bits per heavy atom. The highest BCUT2D eigenvalue weighted by Crippen LogP contribution is 2.54. The summed E-state index contributed by atoms with van der Waals surface area (Å²) in [5.74, 6) is -1.58. The average molecular weight is 223 g/mol. The van der Waals surface area contributed by atoms with E-state index in [1.807, 2.05) is 0 Å². The number of carboxylic acid groups (broad SMARTS) is 1. The molecule has 2 bridgehead atoms. The van der Waals surface area contributed by atoms with Gasteiger partial charge in [0.25, 0.3) is 0 Å². The summed E-state index contributed by atoms with van der Waals surface area (Å²) in [6.45, 7) is -0.468. The number of carboxylic acids is 1. The zero-order chi connectivity index (χ0) is 11.4. The summed E-state index contributed by atoms with van der Waals surface area (Å²) in [6, 6.07) is 0. The number of aromatic nitrogens is 1. The van der Waals surface area contributed by atoms with Gasteiger partial charge in [0.2, 0.25) is 11.8 Å². The molecule has 0 saturated carbocycles. The van der Waals surface area contributed by atoms with Crippen molar-refractivity contribution in [3.05, 3.63) is 23.3 Å². The molecule has 3 rings (SSSR count). The summed E-state index contributed by atoms with van der Waals surface area (Å²) in [7, 11) is 0. The minimum Gasteiger partial charge on any atom is -0.494 e. The Kier molecular flexibility index (Phi) is 1.62. The molecule has 0 radical (unpaired) electrons. The van der Waals surface area contributed by atoms with Gasteiger partial charge in [-0.05, 0) is 0 Å². The van der Waals surface area contributed by atoms with Crippen molar-refractivity contribution in [3.8, 4) is 11.8 Å². The third-order valence-electron chi connectivity index (χ3n) is 2.90. The van der Waals surface area contributed by atoms with Crippen LogP contribution in [0.1, 0.15) is 23.3 Å². The lowest BCUT2D eigenvalue weighted by molar-refractivity contribution is -0.137. The van der Waals surface area contributed by atoms with Crippen LogP contribution in [-0.4, -0.2) is 25.9 Å². The van der Waals surface area contributed by atoms with Gasteiger partial charge in [-0.15, -0.1) is 0 Å². The Bertz CT molecular complexity index is 480. The summed E-state index contributed by atoms with van der Waals surface area (Å²) in [5, 5.41) is 28.3. The monoisotopic (exact) mass is 223 g/mol. The Morgan fingerprint density at radius 1 is 1.25 bits per heavy atom. The topological polar surface area (TPSA) is 91.9 Å². The molecule has 6 nitrogen and oxygen atoms in total. The minimum absolute atomic E-state index is 0.230. The van der Waals surface area contributed by atoms with Crippen LogP contribution >= 0.6 is 0 Å². The van der Waals surface area contributed by atoms with E-state index >= 15 is 0 Å². The van der Waals surface area contributed by atoms with E-state index < -0.39 is 12.5 Å². The standard InChI is InChI=1S/C10H9NO5/c12-6(13)3-11-9(14)7-4-1-2-5(16-4)8(7)10(11)15/h1-2,4-5,14-15H,3H2,(H,12,13). The van der Waals surface area contributed by atoms with E-state index in [0.717, 1.165) is 4.57 Å². The lowest BCUT2D eigenvalue weighted by Gasteiger charge is -2.07. The van der Waals surface area contributed by atoms with Crippen molar-refractivity contribution in [2.75, 3.05) is 0 Å². The number of rotatable bonds is 2. The highest BCUT2D eigenvalue weighted by molar-refractivity contribution is 5.68. The molecule has 1 aromatic rings. The van der Waals surface area contributed by atoms with Gasteiger partial charge in [-0.2, -0.15) is 0 Å². The molecule has 16 heavy (non-hydrogen) atoms. The molecule has 0 amide bonds. The predicted octanol–water partition coefficient (Wildman–Crippen LogP) is 0.666. The van der Waals surface area contributed by atoms with Gasteiger partial charge < -0.3 is 20.1 Å². The van der Waals surface area contributed by atoms with Crippen LogP contribution < -0.4 is 0 Å². The number of nitrogens with zero attached hydrogens (tertiary/aromatic N) is 1. The first-order valence-electron chi connectivity index (χ1n) is 4.79. The number of aromatic hydroxyl groups is 2. The number of hydrogen-bond acceptors (Lipinski definition) is 4. The van der Waals surface area contributed by atoms with Crippen LogP contribution in [0.25, 0.3) is 0 Å². The van der Waals surface area contributed by atoms with Gasteiger partial charge >= 0.3 is 5.97 Å². The van der Waals surface area contributed by atoms with Crippen molar-refractivity contribution >= 4 is 5.97 Å². The van der Waals surface area contributed by atoms with Crippen molar-refractivity contribution < 1.29 is 24.9 Å². The lowest BCUT2D eigenvalue weighted by atomic mass is 10.0. The second-order valence-electron chi connectivity index (χ2n) is 3.82. The first kappa shape index (κ1) is 9.29. The van der Waals surface area contributed by atoms with Gasteiger partial charge in [0.1, 0.15) is 18.8 Å². The summed E-state index contributed by atoms with van der Waals surface area (Å²) < 4.78 is 6.39. The van der Waals surface area contributed by atoms with E-state index in [0.29, 0.717) is 11.1 Å². The molecule has 2 aliphatic heterocycles. The third kappa shape index (κ3) is 0.965. The Labute approximate surface area is 90.0 Å². The first-order valence-corrected chi connectivity index (χ1v) is 4.79. The maximum atomic E-state index is 10.6. The summed E-state index contributed by atoms with van der Waals surface area (Å²) in [5.41, 5.74) is 0.956. The van der Waals surface area contributed by atoms with E-state index in [9.17, 15) is 15.0 Å². The molecule has 84 valence electrons. The average Bonchev–Trinajstić information content (AvgIpc) is 2.87. The fourth-order valence-electron chi connectivity index (χ4n) is 2.26. The molecule has 0 saturated heterocycles. The third-order valence-corrected chi connectivity index (χ3v) is 2.90. The molecule has 0 fully saturated rings. The molecule has 0 aromatic carbocycles. The van der Waals surface area contributed by atoms with Crippen LogP contribution in [0.3, 0.4) is 0 Å². The van der Waals surface area contributed by atoms with Gasteiger partial charge in [-0.3, -0.25) is 9.36 Å². The maximum absolute atomic E-state index is 10.6. The Hall–Kier alpha value is -1.95. The van der Waals surface area contributed by atoms with Gasteiger partial charge in [0, 0.05) is 0 Å². The number of fused-ring (bicyclic) bond motifs is 5. The number of ether oxygens (including phenoxy) is 1. The first-order chi connectivity index (χ1) is 7.59. The van der Waals surface area contributed by atoms with Gasteiger partial charge in [-0.1, -0.05) is 12.2 Å². The molecule has 0 aliphatic carbocycles. The van der Waals surface area contributed by atoms with Crippen LogP contribution in [0.4, 0.5) is 0 Å². The Morgan fingerprint density at radius 2 is 1.75 bits per heavy atom. The smallest absolute Gasteiger partial charge is 0.323 e. The van der Waals surface area contributed by atoms with Crippen LogP contribution in [0.5, 0.6) is 11.8 Å². The van der Waals surface area contributed by atoms with Gasteiger partial charge in [-0.25, -0.2) is 0 Å². The quantitative estimate of drug-likeness (QED) is 0.641. The maximum Gasteiger partial charge on any atom is 0.323 e. The minimum atomic E-state index is -1.12. The van der Waals surface area contributed by atoms with Crippen molar-refractivity contribution in [1.82, 2.24) is 4.57 Å².